The summed E-state index contributed by atoms with van der Waals surface area (Å²) in [5.74, 6) is 0.870. The van der Waals surface area contributed by atoms with Crippen molar-refractivity contribution in [3.8, 4) is 0 Å². The number of aromatic nitrogens is 2. The minimum absolute atomic E-state index is 0.234. The van der Waals surface area contributed by atoms with Crippen LogP contribution in [0.3, 0.4) is 0 Å². The lowest BCUT2D eigenvalue weighted by atomic mass is 10.0. The third kappa shape index (κ3) is 3.51. The van der Waals surface area contributed by atoms with Crippen molar-refractivity contribution in [2.24, 2.45) is 0 Å². The number of hydrogen-bond donors (Lipinski definition) is 1. The molecule has 0 saturated heterocycles. The zero-order chi connectivity index (χ0) is 13.7. The van der Waals surface area contributed by atoms with Gasteiger partial charge in [-0.05, 0) is 38.7 Å². The van der Waals surface area contributed by atoms with E-state index in [9.17, 15) is 0 Å². The van der Waals surface area contributed by atoms with Gasteiger partial charge >= 0.3 is 0 Å². The molecule has 1 aliphatic carbocycles. The van der Waals surface area contributed by atoms with Crippen molar-refractivity contribution in [1.82, 2.24) is 15.3 Å². The Morgan fingerprint density at radius 2 is 2.11 bits per heavy atom. The van der Waals surface area contributed by atoms with Crippen molar-refractivity contribution in [2.45, 2.75) is 64.6 Å². The molecule has 0 radical (unpaired) electrons. The molecular formula is C15H25N3O. The van der Waals surface area contributed by atoms with E-state index in [0.29, 0.717) is 6.04 Å². The van der Waals surface area contributed by atoms with E-state index in [1.54, 1.807) is 0 Å². The minimum Gasteiger partial charge on any atom is -0.367 e. The molecule has 1 heterocycles. The number of nitrogens with zero attached hydrogens (tertiary/aromatic N) is 2. The number of nitrogens with one attached hydrogen (secondary N) is 1. The van der Waals surface area contributed by atoms with Crippen LogP contribution in [0.5, 0.6) is 0 Å². The Bertz CT molecular complexity index is 400. The molecular weight excluding hydrogens is 238 g/mol. The molecule has 4 heteroatoms. The highest BCUT2D eigenvalue weighted by atomic mass is 16.5. The number of ether oxygens (including phenoxy) is 1. The molecule has 106 valence electrons. The van der Waals surface area contributed by atoms with Crippen LogP contribution < -0.4 is 5.32 Å². The van der Waals surface area contributed by atoms with Crippen molar-refractivity contribution in [1.29, 1.82) is 0 Å². The number of hydrogen-bond acceptors (Lipinski definition) is 4. The van der Waals surface area contributed by atoms with Crippen LogP contribution in [0.1, 0.15) is 58.0 Å². The molecule has 1 N–H and O–H groups in total. The summed E-state index contributed by atoms with van der Waals surface area (Å²) in [4.78, 5) is 9.19. The second-order valence-electron chi connectivity index (χ2n) is 5.54. The van der Waals surface area contributed by atoms with E-state index in [2.05, 4.69) is 24.1 Å². The van der Waals surface area contributed by atoms with Gasteiger partial charge in [-0.1, -0.05) is 13.8 Å². The van der Waals surface area contributed by atoms with Crippen molar-refractivity contribution in [3.63, 3.8) is 0 Å². The fourth-order valence-electron chi connectivity index (χ4n) is 2.68. The molecule has 1 aliphatic rings. The first kappa shape index (κ1) is 14.4. The summed E-state index contributed by atoms with van der Waals surface area (Å²) in [6, 6.07) is 2.44. The molecule has 0 unspecified atom stereocenters. The van der Waals surface area contributed by atoms with Crippen molar-refractivity contribution in [2.75, 3.05) is 6.61 Å². The summed E-state index contributed by atoms with van der Waals surface area (Å²) in [7, 11) is 0. The van der Waals surface area contributed by atoms with Gasteiger partial charge in [-0.15, -0.1) is 0 Å². The van der Waals surface area contributed by atoms with Crippen LogP contribution in [0.25, 0.3) is 0 Å². The molecule has 0 aliphatic heterocycles. The van der Waals surface area contributed by atoms with Crippen molar-refractivity contribution >= 4 is 0 Å². The van der Waals surface area contributed by atoms with Crippen molar-refractivity contribution < 1.29 is 4.74 Å². The largest absolute Gasteiger partial charge is 0.367 e. The highest BCUT2D eigenvalue weighted by Gasteiger charge is 2.39. The zero-order valence-corrected chi connectivity index (χ0v) is 12.3. The highest BCUT2D eigenvalue weighted by molar-refractivity contribution is 5.10. The number of rotatable bonds is 6. The smallest absolute Gasteiger partial charge is 0.160 e. The van der Waals surface area contributed by atoms with Crippen LogP contribution in [-0.2, 0) is 16.9 Å². The summed E-state index contributed by atoms with van der Waals surface area (Å²) in [5.41, 5.74) is 0.812. The molecule has 1 aromatic heterocycles. The molecule has 0 aromatic carbocycles. The van der Waals surface area contributed by atoms with Gasteiger partial charge in [-0.25, -0.2) is 9.97 Å². The van der Waals surface area contributed by atoms with Gasteiger partial charge in [0.1, 0.15) is 5.60 Å². The van der Waals surface area contributed by atoms with Crippen LogP contribution in [0.2, 0.25) is 0 Å². The Hall–Kier alpha value is -1.00. The van der Waals surface area contributed by atoms with Gasteiger partial charge in [0, 0.05) is 25.4 Å². The fraction of sp³-hybridized carbons (Fsp3) is 0.733. The zero-order valence-electron chi connectivity index (χ0n) is 12.3. The molecule has 0 bridgehead atoms. The lowest BCUT2D eigenvalue weighted by molar-refractivity contribution is -0.0458. The molecule has 1 saturated carbocycles. The van der Waals surface area contributed by atoms with Crippen molar-refractivity contribution in [3.05, 3.63) is 23.8 Å². The summed E-state index contributed by atoms with van der Waals surface area (Å²) >= 11 is 0. The maximum Gasteiger partial charge on any atom is 0.160 e. The van der Waals surface area contributed by atoms with Crippen LogP contribution >= 0.6 is 0 Å². The Kier molecular flexibility index (Phi) is 4.88. The second-order valence-corrected chi connectivity index (χ2v) is 5.54. The predicted octanol–water partition coefficient (Wildman–Crippen LogP) is 2.78. The third-order valence-electron chi connectivity index (χ3n) is 3.64. The highest BCUT2D eigenvalue weighted by Crippen LogP contribution is 2.40. The Morgan fingerprint density at radius 3 is 2.74 bits per heavy atom. The molecule has 0 atom stereocenters. The molecule has 1 aromatic rings. The van der Waals surface area contributed by atoms with Gasteiger partial charge in [-0.2, -0.15) is 0 Å². The molecule has 0 spiro atoms. The average molecular weight is 263 g/mol. The fourth-order valence-corrected chi connectivity index (χ4v) is 2.68. The minimum atomic E-state index is -0.234. The lowest BCUT2D eigenvalue weighted by Crippen LogP contribution is -2.30. The maximum absolute atomic E-state index is 6.01. The first-order valence-electron chi connectivity index (χ1n) is 7.36. The third-order valence-corrected chi connectivity index (χ3v) is 3.64. The van der Waals surface area contributed by atoms with Gasteiger partial charge in [0.25, 0.3) is 0 Å². The van der Waals surface area contributed by atoms with Gasteiger partial charge in [0.05, 0.1) is 5.69 Å². The molecule has 0 amide bonds. The normalized spacial score (nSPS) is 18.1. The Morgan fingerprint density at radius 1 is 1.37 bits per heavy atom. The molecule has 19 heavy (non-hydrogen) atoms. The van der Waals surface area contributed by atoms with Gasteiger partial charge in [0.2, 0.25) is 0 Å². The standard InChI is InChI=1S/C15H25N3O/c1-4-19-15(8-5-6-9-15)14-16-10-7-13(18-14)11-17-12(2)3/h7,10,12,17H,4-6,8-9,11H2,1-3H3. The molecule has 1 fully saturated rings. The van der Waals surface area contributed by atoms with Gasteiger partial charge in [-0.3, -0.25) is 0 Å². The van der Waals surface area contributed by atoms with E-state index >= 15 is 0 Å². The second kappa shape index (κ2) is 6.44. The van der Waals surface area contributed by atoms with E-state index in [1.807, 2.05) is 19.2 Å². The van der Waals surface area contributed by atoms with Crippen LogP contribution in [0, 0.1) is 0 Å². The van der Waals surface area contributed by atoms with Crippen LogP contribution in [-0.4, -0.2) is 22.6 Å². The Balaban J connectivity index is 2.16. The Labute approximate surface area is 116 Å². The first-order valence-corrected chi connectivity index (χ1v) is 7.36. The first-order chi connectivity index (χ1) is 9.16. The predicted molar refractivity (Wildman–Crippen MR) is 75.8 cm³/mol. The summed E-state index contributed by atoms with van der Waals surface area (Å²) < 4.78 is 6.01. The van der Waals surface area contributed by atoms with E-state index in [-0.39, 0.29) is 5.60 Å². The van der Waals surface area contributed by atoms with Gasteiger partial charge in [0.15, 0.2) is 5.82 Å². The topological polar surface area (TPSA) is 47.0 Å². The van der Waals surface area contributed by atoms with Crippen LogP contribution in [0.15, 0.2) is 12.3 Å². The van der Waals surface area contributed by atoms with Crippen LogP contribution in [0.4, 0.5) is 0 Å². The van der Waals surface area contributed by atoms with E-state index < -0.39 is 0 Å². The average Bonchev–Trinajstić information content (AvgIpc) is 2.87. The van der Waals surface area contributed by atoms with Gasteiger partial charge < -0.3 is 10.1 Å². The lowest BCUT2D eigenvalue weighted by Gasteiger charge is -2.27. The maximum atomic E-state index is 6.01. The summed E-state index contributed by atoms with van der Waals surface area (Å²) in [6.07, 6.45) is 6.36. The summed E-state index contributed by atoms with van der Waals surface area (Å²) in [5, 5.41) is 3.39. The monoisotopic (exact) mass is 263 g/mol. The summed E-state index contributed by atoms with van der Waals surface area (Å²) in [6.45, 7) is 7.83. The van der Waals surface area contributed by atoms with E-state index in [4.69, 9.17) is 9.72 Å². The molecule has 2 rings (SSSR count). The quantitative estimate of drug-likeness (QED) is 0.857. The van der Waals surface area contributed by atoms with E-state index in [1.165, 1.54) is 12.8 Å². The van der Waals surface area contributed by atoms with E-state index in [0.717, 1.165) is 37.5 Å². The SMILES string of the molecule is CCOC1(c2nccc(CNC(C)C)n2)CCCC1. The molecule has 4 nitrogen and oxygen atoms in total.